The lowest BCUT2D eigenvalue weighted by Crippen LogP contribution is -2.53. The largest absolute Gasteiger partial charge is 0.322 e. The van der Waals surface area contributed by atoms with Gasteiger partial charge in [-0.1, -0.05) is 87.9 Å². The number of aryl methyl sites for hydroxylation is 1. The number of carbonyl (C=O) groups excluding carboxylic acids is 3. The molecule has 2 aromatic rings. The lowest BCUT2D eigenvalue weighted by atomic mass is 9.82. The summed E-state index contributed by atoms with van der Waals surface area (Å²) in [6.45, 7) is 9.66. The Morgan fingerprint density at radius 3 is 2.00 bits per heavy atom. The van der Waals surface area contributed by atoms with Crippen molar-refractivity contribution in [2.75, 3.05) is 13.1 Å². The smallest absolute Gasteiger partial charge is 0.294 e. The van der Waals surface area contributed by atoms with Crippen molar-refractivity contribution in [1.82, 2.24) is 15.9 Å². The molecule has 0 radical (unpaired) electrons. The fourth-order valence-electron chi connectivity index (χ4n) is 4.03. The highest BCUT2D eigenvalue weighted by Gasteiger charge is 2.34. The Bertz CT molecular complexity index is 1260. The average Bonchev–Trinajstić information content (AvgIpc) is 2.93. The zero-order valence-corrected chi connectivity index (χ0v) is 25.7. The number of nitrogens with one attached hydrogen (secondary N) is 2. The van der Waals surface area contributed by atoms with E-state index in [2.05, 4.69) is 5.43 Å². The average molecular weight is 605 g/mol. The van der Waals surface area contributed by atoms with Crippen LogP contribution in [0.4, 0.5) is 0 Å². The molecule has 232 valence electrons. The first-order chi connectivity index (χ1) is 19.7. The molecule has 0 heterocycles. The Balaban J connectivity index is 0.000000666. The molecule has 2 atom stereocenters. The number of hydrazine groups is 1. The fraction of sp³-hybridized carbons (Fsp3) is 0.433. The van der Waals surface area contributed by atoms with E-state index < -0.39 is 39.7 Å². The summed E-state index contributed by atoms with van der Waals surface area (Å²) in [6, 6.07) is 15.6. The van der Waals surface area contributed by atoms with Gasteiger partial charge in [-0.05, 0) is 49.3 Å². The van der Waals surface area contributed by atoms with Crippen LogP contribution in [0, 0.1) is 30.6 Å². The zero-order chi connectivity index (χ0) is 31.9. The van der Waals surface area contributed by atoms with Crippen LogP contribution < -0.4 is 16.6 Å². The molecular formula is C30H44N4O7S. The standard InChI is InChI=1S/C23H36N4O4.C7H8O3S/c1-16(2)13-20(22(29)25-27(15-17(3)4)21(28)14-24)19(23(30)26-31)12-8-11-18-9-6-5-7-10-18;1-6-2-4-7(5-3-6)11(8,9)10/h5-11,16-17,19-20,31H,12-15,24H2,1-4H3,(H,25,29)(H,26,30);2-5H,1H3,(H,8,9,10)/b11-8+;/t19-,20+;/m0./s1. The van der Waals surface area contributed by atoms with Crippen LogP contribution in [0.1, 0.15) is 51.7 Å². The van der Waals surface area contributed by atoms with E-state index in [0.717, 1.165) is 11.1 Å². The highest BCUT2D eigenvalue weighted by Crippen LogP contribution is 2.25. The molecule has 0 aliphatic rings. The van der Waals surface area contributed by atoms with Crippen LogP contribution in [0.25, 0.3) is 6.08 Å². The van der Waals surface area contributed by atoms with Crippen LogP contribution in [0.3, 0.4) is 0 Å². The summed E-state index contributed by atoms with van der Waals surface area (Å²) in [5, 5.41) is 10.5. The van der Waals surface area contributed by atoms with E-state index in [1.54, 1.807) is 17.6 Å². The summed E-state index contributed by atoms with van der Waals surface area (Å²) in [7, 11) is -4.02. The Kier molecular flexibility index (Phi) is 15.7. The third-order valence-corrected chi connectivity index (χ3v) is 6.95. The van der Waals surface area contributed by atoms with Gasteiger partial charge in [0.1, 0.15) is 0 Å². The third kappa shape index (κ3) is 13.4. The van der Waals surface area contributed by atoms with E-state index in [-0.39, 0.29) is 29.7 Å². The number of amides is 3. The van der Waals surface area contributed by atoms with Gasteiger partial charge in [-0.3, -0.25) is 34.6 Å². The molecule has 2 rings (SSSR count). The van der Waals surface area contributed by atoms with Crippen LogP contribution >= 0.6 is 0 Å². The summed E-state index contributed by atoms with van der Waals surface area (Å²) in [5.74, 6) is -2.81. The number of hydrogen-bond donors (Lipinski definition) is 5. The molecule has 3 amide bonds. The fourth-order valence-corrected chi connectivity index (χ4v) is 4.51. The Morgan fingerprint density at radius 2 is 1.52 bits per heavy atom. The highest BCUT2D eigenvalue weighted by atomic mass is 32.2. The molecule has 42 heavy (non-hydrogen) atoms. The summed E-state index contributed by atoms with van der Waals surface area (Å²) in [6.07, 6.45) is 4.34. The molecular weight excluding hydrogens is 560 g/mol. The maximum atomic E-state index is 13.2. The summed E-state index contributed by atoms with van der Waals surface area (Å²) < 4.78 is 29.6. The van der Waals surface area contributed by atoms with Gasteiger partial charge in [0, 0.05) is 6.54 Å². The Labute approximate surface area is 248 Å². The van der Waals surface area contributed by atoms with Crippen molar-refractivity contribution in [1.29, 1.82) is 0 Å². The predicted octanol–water partition coefficient (Wildman–Crippen LogP) is 3.59. The number of carbonyl (C=O) groups is 3. The number of benzene rings is 2. The molecule has 0 spiro atoms. The SMILES string of the molecule is CC(C)C[C@@H](C(=O)NN(CC(C)C)C(=O)CN)[C@H](C/C=C/c1ccccc1)C(=O)NO.Cc1ccc(S(=O)(=O)O)cc1. The second-order valence-corrected chi connectivity index (χ2v) is 12.2. The quantitative estimate of drug-likeness (QED) is 0.139. The van der Waals surface area contributed by atoms with Crippen molar-refractivity contribution in [2.45, 2.75) is 52.4 Å². The third-order valence-electron chi connectivity index (χ3n) is 6.08. The van der Waals surface area contributed by atoms with Crippen LogP contribution in [-0.2, 0) is 24.5 Å². The highest BCUT2D eigenvalue weighted by molar-refractivity contribution is 7.85. The first-order valence-corrected chi connectivity index (χ1v) is 15.1. The van der Waals surface area contributed by atoms with Crippen LogP contribution in [0.15, 0.2) is 65.6 Å². The van der Waals surface area contributed by atoms with Gasteiger partial charge in [0.05, 0.1) is 23.3 Å². The summed E-state index contributed by atoms with van der Waals surface area (Å²) >= 11 is 0. The molecule has 0 saturated heterocycles. The Hall–Kier alpha value is -3.58. The van der Waals surface area contributed by atoms with Crippen molar-refractivity contribution in [2.24, 2.45) is 29.4 Å². The first-order valence-electron chi connectivity index (χ1n) is 13.7. The Morgan fingerprint density at radius 1 is 0.929 bits per heavy atom. The lowest BCUT2D eigenvalue weighted by Gasteiger charge is -2.30. The van der Waals surface area contributed by atoms with Crippen molar-refractivity contribution >= 4 is 33.9 Å². The predicted molar refractivity (Wildman–Crippen MR) is 161 cm³/mol. The topological polar surface area (TPSA) is 179 Å². The normalized spacial score (nSPS) is 12.8. The molecule has 0 aliphatic carbocycles. The van der Waals surface area contributed by atoms with Gasteiger partial charge in [0.15, 0.2) is 0 Å². The van der Waals surface area contributed by atoms with E-state index in [9.17, 15) is 28.0 Å². The first kappa shape index (κ1) is 36.4. The molecule has 0 aliphatic heterocycles. The summed E-state index contributed by atoms with van der Waals surface area (Å²) in [4.78, 5) is 37.7. The number of allylic oxidation sites excluding steroid dienone is 1. The molecule has 0 saturated carbocycles. The molecule has 0 aromatic heterocycles. The molecule has 12 heteroatoms. The number of rotatable bonds is 12. The van der Waals surface area contributed by atoms with E-state index in [0.29, 0.717) is 13.0 Å². The minimum absolute atomic E-state index is 0.0666. The molecule has 0 fully saturated rings. The van der Waals surface area contributed by atoms with Crippen molar-refractivity contribution < 1.29 is 32.6 Å². The van der Waals surface area contributed by atoms with E-state index in [1.807, 2.05) is 77.1 Å². The van der Waals surface area contributed by atoms with Gasteiger partial charge < -0.3 is 5.73 Å². The number of hydrogen-bond acceptors (Lipinski definition) is 7. The molecule has 11 nitrogen and oxygen atoms in total. The van der Waals surface area contributed by atoms with Crippen LogP contribution in [-0.4, -0.2) is 54.0 Å². The van der Waals surface area contributed by atoms with E-state index in [4.69, 9.17) is 10.3 Å². The van der Waals surface area contributed by atoms with Gasteiger partial charge in [-0.15, -0.1) is 0 Å². The number of nitrogens with zero attached hydrogens (tertiary/aromatic N) is 1. The monoisotopic (exact) mass is 604 g/mol. The van der Waals surface area contributed by atoms with E-state index >= 15 is 0 Å². The lowest BCUT2D eigenvalue weighted by molar-refractivity contribution is -0.147. The number of nitrogens with two attached hydrogens (primary N) is 1. The maximum Gasteiger partial charge on any atom is 0.294 e. The van der Waals surface area contributed by atoms with Crippen LogP contribution in [0.5, 0.6) is 0 Å². The summed E-state index contributed by atoms with van der Waals surface area (Å²) in [5.41, 5.74) is 11.7. The van der Waals surface area contributed by atoms with Gasteiger partial charge >= 0.3 is 0 Å². The zero-order valence-electron chi connectivity index (χ0n) is 24.9. The van der Waals surface area contributed by atoms with Crippen molar-refractivity contribution in [3.05, 3.63) is 71.8 Å². The minimum atomic E-state index is -4.02. The number of hydroxylamine groups is 1. The molecule has 0 bridgehead atoms. The minimum Gasteiger partial charge on any atom is -0.322 e. The molecule has 2 aromatic carbocycles. The van der Waals surface area contributed by atoms with Crippen molar-refractivity contribution in [3.63, 3.8) is 0 Å². The maximum absolute atomic E-state index is 13.2. The van der Waals surface area contributed by atoms with Crippen LogP contribution in [0.2, 0.25) is 0 Å². The van der Waals surface area contributed by atoms with Gasteiger partial charge in [-0.25, -0.2) is 5.48 Å². The van der Waals surface area contributed by atoms with Gasteiger partial charge in [0.25, 0.3) is 16.0 Å². The van der Waals surface area contributed by atoms with Gasteiger partial charge in [0.2, 0.25) is 11.8 Å². The molecule has 6 N–H and O–H groups in total. The van der Waals surface area contributed by atoms with Gasteiger partial charge in [-0.2, -0.15) is 8.42 Å². The second-order valence-electron chi connectivity index (χ2n) is 10.7. The second kappa shape index (κ2) is 18.1. The van der Waals surface area contributed by atoms with E-state index in [1.165, 1.54) is 17.1 Å². The van der Waals surface area contributed by atoms with Crippen molar-refractivity contribution in [3.8, 4) is 0 Å². The molecule has 0 unspecified atom stereocenters.